The van der Waals surface area contributed by atoms with Gasteiger partial charge in [0.05, 0.1) is 13.2 Å². The standard InChI is InChI=1S/C15H19NO5/c1-3-20-14(18)6-7-15(19)21-8-4-5-12-9-11(2)16-13(17)10-12/h6-7,10H,2-5,8-9H2,1H3,(H,16,17)/b7-6+. The van der Waals surface area contributed by atoms with E-state index in [-0.39, 0.29) is 19.1 Å². The van der Waals surface area contributed by atoms with E-state index in [1.807, 2.05) is 0 Å². The lowest BCUT2D eigenvalue weighted by Gasteiger charge is -2.15. The first-order chi connectivity index (χ1) is 10.0. The molecule has 0 atom stereocenters. The van der Waals surface area contributed by atoms with Crippen LogP contribution in [-0.2, 0) is 23.9 Å². The normalized spacial score (nSPS) is 14.6. The lowest BCUT2D eigenvalue weighted by Crippen LogP contribution is -2.24. The van der Waals surface area contributed by atoms with Crippen LogP contribution in [0.15, 0.2) is 36.1 Å². The van der Waals surface area contributed by atoms with Crippen LogP contribution in [0, 0.1) is 0 Å². The molecule has 1 rings (SSSR count). The summed E-state index contributed by atoms with van der Waals surface area (Å²) in [6.07, 6.45) is 5.49. The summed E-state index contributed by atoms with van der Waals surface area (Å²) in [5, 5.41) is 2.61. The summed E-state index contributed by atoms with van der Waals surface area (Å²) in [6.45, 7) is 5.87. The highest BCUT2D eigenvalue weighted by Crippen LogP contribution is 2.17. The van der Waals surface area contributed by atoms with Crippen LogP contribution in [0.5, 0.6) is 0 Å². The average Bonchev–Trinajstić information content (AvgIpc) is 2.41. The molecular formula is C15H19NO5. The van der Waals surface area contributed by atoms with Crippen molar-refractivity contribution in [1.82, 2.24) is 5.32 Å². The van der Waals surface area contributed by atoms with E-state index < -0.39 is 11.9 Å². The monoisotopic (exact) mass is 293 g/mol. The van der Waals surface area contributed by atoms with Gasteiger partial charge in [-0.3, -0.25) is 4.79 Å². The molecule has 114 valence electrons. The summed E-state index contributed by atoms with van der Waals surface area (Å²) in [6, 6.07) is 0. The van der Waals surface area contributed by atoms with Crippen LogP contribution in [0.3, 0.4) is 0 Å². The molecular weight excluding hydrogens is 274 g/mol. The van der Waals surface area contributed by atoms with E-state index in [1.54, 1.807) is 6.92 Å². The van der Waals surface area contributed by atoms with Gasteiger partial charge in [0.25, 0.3) is 0 Å². The van der Waals surface area contributed by atoms with Crippen molar-refractivity contribution >= 4 is 17.8 Å². The van der Waals surface area contributed by atoms with Gasteiger partial charge in [0.1, 0.15) is 0 Å². The predicted molar refractivity (Wildman–Crippen MR) is 75.9 cm³/mol. The Morgan fingerprint density at radius 1 is 1.33 bits per heavy atom. The number of ether oxygens (including phenoxy) is 2. The molecule has 0 fully saturated rings. The van der Waals surface area contributed by atoms with E-state index in [1.165, 1.54) is 6.08 Å². The zero-order chi connectivity index (χ0) is 15.7. The smallest absolute Gasteiger partial charge is 0.331 e. The molecule has 6 nitrogen and oxygen atoms in total. The van der Waals surface area contributed by atoms with Gasteiger partial charge < -0.3 is 14.8 Å². The number of hydrogen-bond acceptors (Lipinski definition) is 5. The van der Waals surface area contributed by atoms with Crippen LogP contribution >= 0.6 is 0 Å². The third kappa shape index (κ3) is 7.10. The molecule has 0 aromatic heterocycles. The SMILES string of the molecule is C=C1CC(CCCOC(=O)/C=C/C(=O)OCC)=CC(=O)N1. The van der Waals surface area contributed by atoms with Gasteiger partial charge in [-0.05, 0) is 19.8 Å². The molecule has 1 aliphatic rings. The molecule has 0 bridgehead atoms. The number of amides is 1. The molecule has 1 heterocycles. The van der Waals surface area contributed by atoms with Gasteiger partial charge in [0.2, 0.25) is 5.91 Å². The van der Waals surface area contributed by atoms with Gasteiger partial charge in [-0.15, -0.1) is 0 Å². The minimum Gasteiger partial charge on any atom is -0.463 e. The van der Waals surface area contributed by atoms with Gasteiger partial charge in [-0.2, -0.15) is 0 Å². The molecule has 21 heavy (non-hydrogen) atoms. The molecule has 1 aliphatic heterocycles. The maximum Gasteiger partial charge on any atom is 0.331 e. The molecule has 0 saturated carbocycles. The number of esters is 2. The third-order valence-corrected chi connectivity index (χ3v) is 2.60. The fraction of sp³-hybridized carbons (Fsp3) is 0.400. The Kier molecular flexibility index (Phi) is 6.94. The topological polar surface area (TPSA) is 81.7 Å². The minimum atomic E-state index is -0.595. The summed E-state index contributed by atoms with van der Waals surface area (Å²) in [5.41, 5.74) is 1.63. The molecule has 1 amide bonds. The Morgan fingerprint density at radius 2 is 2.00 bits per heavy atom. The first kappa shape index (κ1) is 16.7. The molecule has 0 unspecified atom stereocenters. The van der Waals surface area contributed by atoms with Crippen LogP contribution in [-0.4, -0.2) is 31.1 Å². The molecule has 0 aliphatic carbocycles. The number of carbonyl (C=O) groups is 3. The number of hydrogen-bond donors (Lipinski definition) is 1. The molecule has 0 aromatic carbocycles. The highest BCUT2D eigenvalue weighted by molar-refractivity contribution is 5.91. The molecule has 0 radical (unpaired) electrons. The first-order valence-electron chi connectivity index (χ1n) is 6.71. The van der Waals surface area contributed by atoms with Gasteiger partial charge in [0, 0.05) is 30.3 Å². The Bertz CT molecular complexity index is 490. The van der Waals surface area contributed by atoms with Crippen LogP contribution in [0.2, 0.25) is 0 Å². The first-order valence-corrected chi connectivity index (χ1v) is 6.71. The second-order valence-electron chi connectivity index (χ2n) is 4.43. The summed E-state index contributed by atoms with van der Waals surface area (Å²) in [4.78, 5) is 33.5. The average molecular weight is 293 g/mol. The largest absolute Gasteiger partial charge is 0.463 e. The Balaban J connectivity index is 2.22. The molecule has 0 spiro atoms. The van der Waals surface area contributed by atoms with Gasteiger partial charge in [0.15, 0.2) is 0 Å². The van der Waals surface area contributed by atoms with Crippen molar-refractivity contribution in [3.63, 3.8) is 0 Å². The van der Waals surface area contributed by atoms with Crippen molar-refractivity contribution in [2.75, 3.05) is 13.2 Å². The second kappa shape index (κ2) is 8.73. The molecule has 0 aromatic rings. The number of nitrogens with one attached hydrogen (secondary N) is 1. The van der Waals surface area contributed by atoms with Crippen LogP contribution < -0.4 is 5.32 Å². The van der Waals surface area contributed by atoms with Crippen LogP contribution in [0.4, 0.5) is 0 Å². The van der Waals surface area contributed by atoms with Crippen LogP contribution in [0.1, 0.15) is 26.2 Å². The maximum atomic E-state index is 11.3. The van der Waals surface area contributed by atoms with Crippen molar-refractivity contribution in [2.45, 2.75) is 26.2 Å². The van der Waals surface area contributed by atoms with E-state index in [9.17, 15) is 14.4 Å². The molecule has 0 saturated heterocycles. The van der Waals surface area contributed by atoms with Gasteiger partial charge in [-0.1, -0.05) is 12.2 Å². The Hall–Kier alpha value is -2.37. The highest BCUT2D eigenvalue weighted by atomic mass is 16.5. The molecule has 1 N–H and O–H groups in total. The van der Waals surface area contributed by atoms with Gasteiger partial charge in [-0.25, -0.2) is 9.59 Å². The van der Waals surface area contributed by atoms with Crippen LogP contribution in [0.25, 0.3) is 0 Å². The lowest BCUT2D eigenvalue weighted by atomic mass is 10.0. The number of rotatable bonds is 7. The van der Waals surface area contributed by atoms with E-state index in [2.05, 4.69) is 16.6 Å². The number of allylic oxidation sites excluding steroid dienone is 1. The number of carbonyl (C=O) groups excluding carboxylic acids is 3. The minimum absolute atomic E-state index is 0.171. The second-order valence-corrected chi connectivity index (χ2v) is 4.43. The maximum absolute atomic E-state index is 11.3. The van der Waals surface area contributed by atoms with Crippen molar-refractivity contribution in [1.29, 1.82) is 0 Å². The highest BCUT2D eigenvalue weighted by Gasteiger charge is 2.11. The zero-order valence-corrected chi connectivity index (χ0v) is 12.0. The van der Waals surface area contributed by atoms with E-state index in [0.29, 0.717) is 25.0 Å². The fourth-order valence-corrected chi connectivity index (χ4v) is 1.77. The quantitative estimate of drug-likeness (QED) is 0.436. The van der Waals surface area contributed by atoms with E-state index in [4.69, 9.17) is 4.74 Å². The summed E-state index contributed by atoms with van der Waals surface area (Å²) in [7, 11) is 0. The third-order valence-electron chi connectivity index (χ3n) is 2.60. The Morgan fingerprint density at radius 3 is 2.62 bits per heavy atom. The van der Waals surface area contributed by atoms with Crippen molar-refractivity contribution in [2.24, 2.45) is 0 Å². The summed E-state index contributed by atoms with van der Waals surface area (Å²) in [5.74, 6) is -1.34. The fourth-order valence-electron chi connectivity index (χ4n) is 1.77. The van der Waals surface area contributed by atoms with E-state index >= 15 is 0 Å². The predicted octanol–water partition coefficient (Wildman–Crippen LogP) is 1.39. The van der Waals surface area contributed by atoms with Crippen molar-refractivity contribution < 1.29 is 23.9 Å². The Labute approximate surface area is 123 Å². The van der Waals surface area contributed by atoms with Crippen molar-refractivity contribution in [3.8, 4) is 0 Å². The molecule has 6 heteroatoms. The van der Waals surface area contributed by atoms with Crippen molar-refractivity contribution in [3.05, 3.63) is 36.1 Å². The van der Waals surface area contributed by atoms with E-state index in [0.717, 1.165) is 17.7 Å². The zero-order valence-electron chi connectivity index (χ0n) is 12.0. The summed E-state index contributed by atoms with van der Waals surface area (Å²) >= 11 is 0. The summed E-state index contributed by atoms with van der Waals surface area (Å²) < 4.78 is 9.56. The van der Waals surface area contributed by atoms with Gasteiger partial charge >= 0.3 is 11.9 Å². The lowest BCUT2D eigenvalue weighted by molar-refractivity contribution is -0.140.